The summed E-state index contributed by atoms with van der Waals surface area (Å²) in [6.45, 7) is 9.52. The van der Waals surface area contributed by atoms with E-state index >= 15 is 0 Å². The van der Waals surface area contributed by atoms with Gasteiger partial charge in [-0.2, -0.15) is 9.78 Å². The number of amides is 1. The van der Waals surface area contributed by atoms with Gasteiger partial charge in [-0.25, -0.2) is 14.8 Å². The number of hydrogen-bond acceptors (Lipinski definition) is 7. The lowest BCUT2D eigenvalue weighted by molar-refractivity contribution is 0.102. The molecule has 1 amide bonds. The molecule has 0 aliphatic rings. The quantitative estimate of drug-likeness (QED) is 0.214. The van der Waals surface area contributed by atoms with E-state index < -0.39 is 5.91 Å². The van der Waals surface area contributed by atoms with Gasteiger partial charge in [0.1, 0.15) is 5.69 Å². The molecule has 5 aromatic rings. The molecule has 180 valence electrons. The second-order valence-electron chi connectivity index (χ2n) is 7.97. The zero-order valence-electron chi connectivity index (χ0n) is 19.7. The van der Waals surface area contributed by atoms with E-state index in [9.17, 15) is 9.90 Å². The molecular formula is C27H20N8O2. The smallest absolute Gasteiger partial charge is 0.259 e. The Morgan fingerprint density at radius 1 is 1.08 bits per heavy atom. The van der Waals surface area contributed by atoms with Crippen molar-refractivity contribution in [2.45, 2.75) is 13.3 Å². The van der Waals surface area contributed by atoms with Gasteiger partial charge in [0.2, 0.25) is 0 Å². The van der Waals surface area contributed by atoms with Gasteiger partial charge < -0.3 is 10.4 Å². The van der Waals surface area contributed by atoms with Gasteiger partial charge in [-0.05, 0) is 41.6 Å². The summed E-state index contributed by atoms with van der Waals surface area (Å²) in [5.41, 5.74) is 2.00. The van der Waals surface area contributed by atoms with Gasteiger partial charge in [0.25, 0.3) is 17.5 Å². The minimum absolute atomic E-state index is 0.0394. The maximum atomic E-state index is 13.1. The molecule has 0 bridgehead atoms. The van der Waals surface area contributed by atoms with E-state index in [0.29, 0.717) is 16.5 Å². The Kier molecular flexibility index (Phi) is 6.33. The summed E-state index contributed by atoms with van der Waals surface area (Å²) in [5.74, 6) is -0.525. The summed E-state index contributed by atoms with van der Waals surface area (Å²) < 4.78 is 1.28. The van der Waals surface area contributed by atoms with Crippen LogP contribution in [0.3, 0.4) is 0 Å². The molecule has 2 N–H and O–H groups in total. The zero-order chi connectivity index (χ0) is 25.8. The van der Waals surface area contributed by atoms with Gasteiger partial charge in [-0.3, -0.25) is 4.79 Å². The summed E-state index contributed by atoms with van der Waals surface area (Å²) in [7, 11) is 0. The molecule has 0 fully saturated rings. The third kappa shape index (κ3) is 4.61. The number of benzene rings is 3. The summed E-state index contributed by atoms with van der Waals surface area (Å²) in [4.78, 5) is 24.9. The molecule has 3 aromatic carbocycles. The van der Waals surface area contributed by atoms with Crippen LogP contribution in [0.15, 0.2) is 89.5 Å². The van der Waals surface area contributed by atoms with Gasteiger partial charge in [0.15, 0.2) is 11.6 Å². The van der Waals surface area contributed by atoms with Crippen LogP contribution >= 0.6 is 0 Å². The first-order chi connectivity index (χ1) is 18.1. The monoisotopic (exact) mass is 488 g/mol. The van der Waals surface area contributed by atoms with Gasteiger partial charge >= 0.3 is 0 Å². The molecule has 2 aromatic heterocycles. The standard InChI is InChI=1S/C27H20N8O2/c1-3-17-9-11-19(12-10-17)32-26(37)21-15-18-7-4-5-8-20(18)23(24(21)36)33-34-25-22(28-2)16-31-35(25)27-29-13-6-14-30-27/h4-16,36H,3H2,1H3,(H,32,37). The van der Waals surface area contributed by atoms with Crippen LogP contribution in [0.1, 0.15) is 22.8 Å². The number of aromatic hydroxyl groups is 1. The highest BCUT2D eigenvalue weighted by Gasteiger charge is 2.20. The predicted octanol–water partition coefficient (Wildman–Crippen LogP) is 6.30. The topological polar surface area (TPSA) is 122 Å². The average molecular weight is 489 g/mol. The molecule has 0 aliphatic heterocycles. The van der Waals surface area contributed by atoms with Crippen LogP contribution < -0.4 is 5.32 Å². The van der Waals surface area contributed by atoms with Crippen LogP contribution in [0.25, 0.3) is 21.6 Å². The Morgan fingerprint density at radius 3 is 2.57 bits per heavy atom. The molecule has 0 saturated carbocycles. The van der Waals surface area contributed by atoms with Crippen molar-refractivity contribution in [2.75, 3.05) is 5.32 Å². The molecule has 0 saturated heterocycles. The normalized spacial score (nSPS) is 11.0. The second kappa shape index (κ2) is 10.1. The average Bonchev–Trinajstić information content (AvgIpc) is 3.36. The van der Waals surface area contributed by atoms with Gasteiger partial charge in [-0.15, -0.1) is 10.2 Å². The van der Waals surface area contributed by atoms with Crippen LogP contribution in [0.4, 0.5) is 22.9 Å². The number of aryl methyl sites for hydroxylation is 1. The van der Waals surface area contributed by atoms with E-state index in [-0.39, 0.29) is 34.5 Å². The zero-order valence-corrected chi connectivity index (χ0v) is 19.7. The Morgan fingerprint density at radius 2 is 1.84 bits per heavy atom. The first kappa shape index (κ1) is 23.3. The number of carbonyl (C=O) groups is 1. The van der Waals surface area contributed by atoms with Crippen molar-refractivity contribution >= 4 is 39.6 Å². The number of azo groups is 1. The third-order valence-corrected chi connectivity index (χ3v) is 5.69. The van der Waals surface area contributed by atoms with Crippen LogP contribution in [0, 0.1) is 6.57 Å². The third-order valence-electron chi connectivity index (χ3n) is 5.69. The molecular weight excluding hydrogens is 468 g/mol. The van der Waals surface area contributed by atoms with Crippen LogP contribution in [-0.2, 0) is 6.42 Å². The summed E-state index contributed by atoms with van der Waals surface area (Å²) >= 11 is 0. The number of anilines is 1. The molecule has 37 heavy (non-hydrogen) atoms. The Balaban J connectivity index is 1.58. The molecule has 0 atom stereocenters. The van der Waals surface area contributed by atoms with Crippen LogP contribution in [0.2, 0.25) is 0 Å². The van der Waals surface area contributed by atoms with Crippen LogP contribution in [-0.4, -0.2) is 30.8 Å². The highest BCUT2D eigenvalue weighted by atomic mass is 16.3. The molecule has 0 aliphatic carbocycles. The number of phenols is 1. The fourth-order valence-electron chi connectivity index (χ4n) is 3.76. The molecule has 5 rings (SSSR count). The SMILES string of the molecule is [C-]#[N+]c1cnn(-c2ncccn2)c1N=Nc1c(O)c(C(=O)Nc2ccc(CC)cc2)cc2ccccc12. The number of phenolic OH excluding ortho intramolecular Hbond substituents is 1. The number of aromatic nitrogens is 4. The van der Waals surface area contributed by atoms with Gasteiger partial charge in [-0.1, -0.05) is 43.3 Å². The van der Waals surface area contributed by atoms with Crippen molar-refractivity contribution in [3.63, 3.8) is 0 Å². The minimum Gasteiger partial charge on any atom is -0.505 e. The second-order valence-corrected chi connectivity index (χ2v) is 7.97. The van der Waals surface area contributed by atoms with Crippen molar-refractivity contribution in [2.24, 2.45) is 10.2 Å². The first-order valence-electron chi connectivity index (χ1n) is 11.4. The van der Waals surface area contributed by atoms with Gasteiger partial charge in [0, 0.05) is 23.5 Å². The first-order valence-corrected chi connectivity index (χ1v) is 11.4. The van der Waals surface area contributed by atoms with E-state index in [1.165, 1.54) is 10.9 Å². The fraction of sp³-hybridized carbons (Fsp3) is 0.0741. The van der Waals surface area contributed by atoms with Crippen molar-refractivity contribution in [3.05, 3.63) is 102 Å². The minimum atomic E-state index is -0.492. The van der Waals surface area contributed by atoms with Crippen LogP contribution in [0.5, 0.6) is 5.75 Å². The molecule has 10 nitrogen and oxygen atoms in total. The largest absolute Gasteiger partial charge is 0.505 e. The molecule has 0 spiro atoms. The predicted molar refractivity (Wildman–Crippen MR) is 139 cm³/mol. The summed E-state index contributed by atoms with van der Waals surface area (Å²) in [6.07, 6.45) is 5.31. The number of nitrogens with zero attached hydrogens (tertiary/aromatic N) is 7. The lowest BCUT2D eigenvalue weighted by atomic mass is 10.0. The Labute approximate surface area is 211 Å². The maximum absolute atomic E-state index is 13.1. The van der Waals surface area contributed by atoms with Crippen molar-refractivity contribution in [3.8, 4) is 11.7 Å². The van der Waals surface area contributed by atoms with Crippen molar-refractivity contribution in [1.29, 1.82) is 0 Å². The number of nitrogens with one attached hydrogen (secondary N) is 1. The highest BCUT2D eigenvalue weighted by molar-refractivity contribution is 6.11. The lowest BCUT2D eigenvalue weighted by Gasteiger charge is -2.11. The van der Waals surface area contributed by atoms with Crippen molar-refractivity contribution < 1.29 is 9.90 Å². The maximum Gasteiger partial charge on any atom is 0.259 e. The molecule has 2 heterocycles. The number of hydrogen-bond donors (Lipinski definition) is 2. The highest BCUT2D eigenvalue weighted by Crippen LogP contribution is 2.40. The molecule has 0 unspecified atom stereocenters. The van der Waals surface area contributed by atoms with Gasteiger partial charge in [0.05, 0.1) is 18.3 Å². The summed E-state index contributed by atoms with van der Waals surface area (Å²) in [6, 6.07) is 18.0. The number of rotatable bonds is 6. The Hall–Kier alpha value is -5.43. The van der Waals surface area contributed by atoms with E-state index in [1.807, 2.05) is 36.4 Å². The van der Waals surface area contributed by atoms with E-state index in [4.69, 9.17) is 6.57 Å². The lowest BCUT2D eigenvalue weighted by Crippen LogP contribution is -2.12. The van der Waals surface area contributed by atoms with E-state index in [1.54, 1.807) is 36.7 Å². The van der Waals surface area contributed by atoms with E-state index in [0.717, 1.165) is 12.0 Å². The Bertz CT molecular complexity index is 1670. The molecule has 0 radical (unpaired) electrons. The summed E-state index contributed by atoms with van der Waals surface area (Å²) in [5, 5.41) is 27.9. The number of fused-ring (bicyclic) bond motifs is 1. The van der Waals surface area contributed by atoms with Crippen molar-refractivity contribution in [1.82, 2.24) is 19.7 Å². The molecule has 10 heteroatoms. The fourth-order valence-corrected chi connectivity index (χ4v) is 3.76. The number of carbonyl (C=O) groups excluding carboxylic acids is 1. The van der Waals surface area contributed by atoms with E-state index in [2.05, 4.69) is 42.4 Å².